The second kappa shape index (κ2) is 1.74. The van der Waals surface area contributed by atoms with E-state index < -0.39 is 0 Å². The minimum Gasteiger partial charge on any atom is -0.375 e. The van der Waals surface area contributed by atoms with Crippen LogP contribution in [-0.2, 0) is 5.54 Å². The van der Waals surface area contributed by atoms with Crippen molar-refractivity contribution in [2.75, 3.05) is 0 Å². The summed E-state index contributed by atoms with van der Waals surface area (Å²) in [5.41, 5.74) is 4.17. The normalized spacial score (nSPS) is 22.2. The molecule has 2 aliphatic rings. The van der Waals surface area contributed by atoms with Gasteiger partial charge in [0.2, 0.25) is 0 Å². The molecule has 1 aliphatic heterocycles. The predicted octanol–water partition coefficient (Wildman–Crippen LogP) is 2.25. The van der Waals surface area contributed by atoms with E-state index in [4.69, 9.17) is 0 Å². The van der Waals surface area contributed by atoms with E-state index in [1.807, 2.05) is 0 Å². The lowest BCUT2D eigenvalue weighted by molar-refractivity contribution is 0.663. The standard InChI is InChI=1S/C11H11N/c1-8-9-4-2-3-5-10(9)11(12-8)6-7-11/h2-5,12H,1,6-7H2. The Morgan fingerprint density at radius 2 is 2.00 bits per heavy atom. The Hall–Kier alpha value is -1.24. The van der Waals surface area contributed by atoms with Crippen LogP contribution in [0.15, 0.2) is 30.8 Å². The maximum absolute atomic E-state index is 4.02. The summed E-state index contributed by atoms with van der Waals surface area (Å²) >= 11 is 0. The molecule has 1 heterocycles. The molecule has 0 atom stereocenters. The van der Waals surface area contributed by atoms with Gasteiger partial charge in [-0.05, 0) is 18.4 Å². The molecule has 0 amide bonds. The summed E-state index contributed by atoms with van der Waals surface area (Å²) in [6.07, 6.45) is 2.53. The molecule has 1 saturated carbocycles. The molecule has 0 bridgehead atoms. The second-order valence-corrected chi connectivity index (χ2v) is 3.73. The van der Waals surface area contributed by atoms with E-state index in [1.165, 1.54) is 24.0 Å². The number of nitrogens with one attached hydrogen (secondary N) is 1. The minimum atomic E-state index is 0.299. The second-order valence-electron chi connectivity index (χ2n) is 3.73. The largest absolute Gasteiger partial charge is 0.375 e. The number of rotatable bonds is 0. The van der Waals surface area contributed by atoms with Crippen LogP contribution in [0.3, 0.4) is 0 Å². The van der Waals surface area contributed by atoms with Crippen molar-refractivity contribution in [1.82, 2.24) is 5.32 Å². The van der Waals surface area contributed by atoms with Crippen molar-refractivity contribution < 1.29 is 0 Å². The topological polar surface area (TPSA) is 12.0 Å². The van der Waals surface area contributed by atoms with E-state index in [1.54, 1.807) is 0 Å². The first-order valence-corrected chi connectivity index (χ1v) is 4.39. The van der Waals surface area contributed by atoms with Crippen LogP contribution in [0.5, 0.6) is 0 Å². The Morgan fingerprint density at radius 3 is 2.75 bits per heavy atom. The molecule has 60 valence electrons. The third kappa shape index (κ3) is 0.596. The lowest BCUT2D eigenvalue weighted by Crippen LogP contribution is -2.18. The lowest BCUT2D eigenvalue weighted by atomic mass is 10.0. The lowest BCUT2D eigenvalue weighted by Gasteiger charge is -2.07. The van der Waals surface area contributed by atoms with Crippen molar-refractivity contribution in [2.45, 2.75) is 18.4 Å². The highest BCUT2D eigenvalue weighted by Crippen LogP contribution is 2.52. The molecule has 1 fully saturated rings. The molecule has 1 nitrogen and oxygen atoms in total. The molecule has 1 aromatic carbocycles. The summed E-state index contributed by atoms with van der Waals surface area (Å²) in [4.78, 5) is 0. The number of fused-ring (bicyclic) bond motifs is 2. The summed E-state index contributed by atoms with van der Waals surface area (Å²) in [6.45, 7) is 4.02. The fraction of sp³-hybridized carbons (Fsp3) is 0.273. The van der Waals surface area contributed by atoms with E-state index in [-0.39, 0.29) is 0 Å². The molecule has 0 aromatic heterocycles. The van der Waals surface area contributed by atoms with Crippen LogP contribution in [-0.4, -0.2) is 0 Å². The van der Waals surface area contributed by atoms with Gasteiger partial charge in [-0.1, -0.05) is 30.8 Å². The maximum Gasteiger partial charge on any atom is 0.0633 e. The molecular weight excluding hydrogens is 146 g/mol. The van der Waals surface area contributed by atoms with Gasteiger partial charge in [0.05, 0.1) is 5.54 Å². The zero-order chi connectivity index (χ0) is 8.18. The monoisotopic (exact) mass is 157 g/mol. The molecule has 12 heavy (non-hydrogen) atoms. The van der Waals surface area contributed by atoms with Gasteiger partial charge in [-0.15, -0.1) is 0 Å². The summed E-state index contributed by atoms with van der Waals surface area (Å²) in [7, 11) is 0. The van der Waals surface area contributed by atoms with Crippen molar-refractivity contribution in [3.05, 3.63) is 42.0 Å². The van der Waals surface area contributed by atoms with E-state index in [0.717, 1.165) is 5.70 Å². The number of benzene rings is 1. The first-order valence-electron chi connectivity index (χ1n) is 4.39. The van der Waals surface area contributed by atoms with Crippen LogP contribution in [0, 0.1) is 0 Å². The van der Waals surface area contributed by atoms with E-state index in [9.17, 15) is 0 Å². The Balaban J connectivity index is 2.27. The summed E-state index contributed by atoms with van der Waals surface area (Å²) < 4.78 is 0. The third-order valence-electron chi connectivity index (χ3n) is 2.91. The molecule has 1 N–H and O–H groups in total. The molecular formula is C11H11N. The number of hydrogen-bond acceptors (Lipinski definition) is 1. The first-order chi connectivity index (χ1) is 5.82. The molecule has 1 heteroatoms. The predicted molar refractivity (Wildman–Crippen MR) is 49.5 cm³/mol. The molecule has 1 spiro atoms. The summed E-state index contributed by atoms with van der Waals surface area (Å²) in [6, 6.07) is 8.55. The molecule has 0 radical (unpaired) electrons. The summed E-state index contributed by atoms with van der Waals surface area (Å²) in [5, 5.41) is 3.48. The van der Waals surface area contributed by atoms with Crippen LogP contribution in [0.25, 0.3) is 5.70 Å². The Morgan fingerprint density at radius 1 is 1.25 bits per heavy atom. The summed E-state index contributed by atoms with van der Waals surface area (Å²) in [5.74, 6) is 0. The quantitative estimate of drug-likeness (QED) is 0.609. The Bertz CT molecular complexity index is 361. The van der Waals surface area contributed by atoms with E-state index in [2.05, 4.69) is 36.2 Å². The van der Waals surface area contributed by atoms with Crippen molar-refractivity contribution in [2.24, 2.45) is 0 Å². The van der Waals surface area contributed by atoms with E-state index >= 15 is 0 Å². The highest BCUT2D eigenvalue weighted by Gasteiger charge is 2.49. The van der Waals surface area contributed by atoms with Crippen LogP contribution in [0.2, 0.25) is 0 Å². The highest BCUT2D eigenvalue weighted by atomic mass is 15.1. The number of hydrogen-bond donors (Lipinski definition) is 1. The van der Waals surface area contributed by atoms with Crippen molar-refractivity contribution >= 4 is 5.70 Å². The van der Waals surface area contributed by atoms with Gasteiger partial charge in [0.15, 0.2) is 0 Å². The first kappa shape index (κ1) is 6.30. The van der Waals surface area contributed by atoms with Gasteiger partial charge >= 0.3 is 0 Å². The van der Waals surface area contributed by atoms with Crippen LogP contribution in [0.4, 0.5) is 0 Å². The fourth-order valence-corrected chi connectivity index (χ4v) is 2.11. The fourth-order valence-electron chi connectivity index (χ4n) is 2.11. The van der Waals surface area contributed by atoms with Gasteiger partial charge in [0, 0.05) is 11.3 Å². The minimum absolute atomic E-state index is 0.299. The third-order valence-corrected chi connectivity index (χ3v) is 2.91. The average molecular weight is 157 g/mol. The zero-order valence-corrected chi connectivity index (χ0v) is 6.93. The molecule has 3 rings (SSSR count). The maximum atomic E-state index is 4.02. The van der Waals surface area contributed by atoms with E-state index in [0.29, 0.717) is 5.54 Å². The molecule has 1 aliphatic carbocycles. The van der Waals surface area contributed by atoms with Crippen LogP contribution in [0.1, 0.15) is 24.0 Å². The highest BCUT2D eigenvalue weighted by molar-refractivity contribution is 5.73. The van der Waals surface area contributed by atoms with Gasteiger partial charge in [0.25, 0.3) is 0 Å². The van der Waals surface area contributed by atoms with Gasteiger partial charge in [-0.25, -0.2) is 0 Å². The van der Waals surface area contributed by atoms with Crippen molar-refractivity contribution in [1.29, 1.82) is 0 Å². The van der Waals surface area contributed by atoms with Gasteiger partial charge in [-0.2, -0.15) is 0 Å². The van der Waals surface area contributed by atoms with Gasteiger partial charge in [0.1, 0.15) is 0 Å². The van der Waals surface area contributed by atoms with Crippen molar-refractivity contribution in [3.8, 4) is 0 Å². The molecule has 0 unspecified atom stereocenters. The average Bonchev–Trinajstić information content (AvgIpc) is 2.79. The zero-order valence-electron chi connectivity index (χ0n) is 6.93. The Kier molecular flexibility index (Phi) is 0.912. The van der Waals surface area contributed by atoms with Crippen LogP contribution >= 0.6 is 0 Å². The molecule has 0 saturated heterocycles. The van der Waals surface area contributed by atoms with Gasteiger partial charge < -0.3 is 5.32 Å². The van der Waals surface area contributed by atoms with Gasteiger partial charge in [-0.3, -0.25) is 0 Å². The Labute approximate surface area is 72.1 Å². The molecule has 1 aromatic rings. The smallest absolute Gasteiger partial charge is 0.0633 e. The van der Waals surface area contributed by atoms with Crippen molar-refractivity contribution in [3.63, 3.8) is 0 Å². The SMILES string of the molecule is C=C1NC2(CC2)c2ccccc21. The van der Waals surface area contributed by atoms with Crippen LogP contribution < -0.4 is 5.32 Å².